The van der Waals surface area contributed by atoms with Gasteiger partial charge in [0.25, 0.3) is 0 Å². The van der Waals surface area contributed by atoms with Crippen LogP contribution in [-0.2, 0) is 4.79 Å². The molecule has 2 nitrogen and oxygen atoms in total. The van der Waals surface area contributed by atoms with Gasteiger partial charge in [-0.25, -0.2) is 0 Å². The van der Waals surface area contributed by atoms with Gasteiger partial charge in [-0.2, -0.15) is 0 Å². The summed E-state index contributed by atoms with van der Waals surface area (Å²) >= 11 is 0. The van der Waals surface area contributed by atoms with E-state index in [1.807, 2.05) is 0 Å². The van der Waals surface area contributed by atoms with Gasteiger partial charge < -0.3 is 5.11 Å². The smallest absolute Gasteiger partial charge is 0.309 e. The Bertz CT molecular complexity index is 468. The molecule has 0 spiro atoms. The fourth-order valence-electron chi connectivity index (χ4n) is 7.67. The fraction of sp³-hybridized carbons (Fsp3) is 0.950. The van der Waals surface area contributed by atoms with Crippen molar-refractivity contribution in [2.75, 3.05) is 0 Å². The van der Waals surface area contributed by atoms with Gasteiger partial charge in [0.2, 0.25) is 0 Å². The van der Waals surface area contributed by atoms with Gasteiger partial charge in [-0.3, -0.25) is 4.79 Å². The van der Waals surface area contributed by atoms with Crippen molar-refractivity contribution in [1.29, 1.82) is 0 Å². The van der Waals surface area contributed by atoms with Crippen LogP contribution in [0.15, 0.2) is 0 Å². The third-order valence-electron chi connectivity index (χ3n) is 8.40. The quantitative estimate of drug-likeness (QED) is 0.730. The molecule has 0 aromatic rings. The Kier molecular flexibility index (Phi) is 3.40. The molecule has 0 radical (unpaired) electrons. The molecule has 4 saturated carbocycles. The summed E-state index contributed by atoms with van der Waals surface area (Å²) in [6.07, 6.45) is 12.4. The van der Waals surface area contributed by atoms with E-state index in [4.69, 9.17) is 0 Å². The number of fused-ring (bicyclic) bond motifs is 5. The molecule has 4 rings (SSSR count). The molecular formula is C20H32O2. The van der Waals surface area contributed by atoms with E-state index >= 15 is 0 Å². The molecule has 22 heavy (non-hydrogen) atoms. The van der Waals surface area contributed by atoms with Crippen molar-refractivity contribution in [3.05, 3.63) is 0 Å². The van der Waals surface area contributed by atoms with Gasteiger partial charge >= 0.3 is 5.97 Å². The van der Waals surface area contributed by atoms with Crippen molar-refractivity contribution in [3.8, 4) is 0 Å². The molecule has 1 N–H and O–H groups in total. The van der Waals surface area contributed by atoms with Crippen LogP contribution in [0.3, 0.4) is 0 Å². The molecule has 4 aliphatic rings. The van der Waals surface area contributed by atoms with Crippen LogP contribution >= 0.6 is 0 Å². The number of hydrogen-bond donors (Lipinski definition) is 1. The lowest BCUT2D eigenvalue weighted by Gasteiger charge is -2.58. The van der Waals surface area contributed by atoms with Gasteiger partial charge in [0, 0.05) is 0 Å². The molecule has 0 heterocycles. The van der Waals surface area contributed by atoms with Crippen LogP contribution < -0.4 is 0 Å². The summed E-state index contributed by atoms with van der Waals surface area (Å²) in [5.41, 5.74) is 0.140. The predicted molar refractivity (Wildman–Crippen MR) is 87.5 cm³/mol. The first-order valence-electron chi connectivity index (χ1n) is 9.69. The van der Waals surface area contributed by atoms with Gasteiger partial charge in [-0.1, -0.05) is 33.1 Å². The Balaban J connectivity index is 1.66. The summed E-state index contributed by atoms with van der Waals surface area (Å²) in [6.45, 7) is 5.00. The van der Waals surface area contributed by atoms with Crippen LogP contribution in [0.25, 0.3) is 0 Å². The highest BCUT2D eigenvalue weighted by molar-refractivity contribution is 5.75. The molecule has 0 aromatic heterocycles. The number of rotatable bonds is 1. The minimum absolute atomic E-state index is 0.340. The minimum atomic E-state index is -0.474. The van der Waals surface area contributed by atoms with Crippen molar-refractivity contribution in [3.63, 3.8) is 0 Å². The number of carbonyl (C=O) groups is 1. The molecule has 6 atom stereocenters. The van der Waals surface area contributed by atoms with Crippen LogP contribution in [0, 0.1) is 40.4 Å². The van der Waals surface area contributed by atoms with Crippen LogP contribution in [-0.4, -0.2) is 11.1 Å². The number of hydrogen-bond acceptors (Lipinski definition) is 1. The lowest BCUT2D eigenvalue weighted by Crippen LogP contribution is -2.53. The van der Waals surface area contributed by atoms with E-state index < -0.39 is 5.97 Å². The van der Waals surface area contributed by atoms with Crippen molar-refractivity contribution < 1.29 is 9.90 Å². The molecule has 4 aliphatic carbocycles. The summed E-state index contributed by atoms with van der Waals surface area (Å²) in [5, 5.41) is 9.92. The zero-order valence-electron chi connectivity index (χ0n) is 14.3. The predicted octanol–water partition coefficient (Wildman–Crippen LogP) is 5.12. The van der Waals surface area contributed by atoms with Gasteiger partial charge in [0.05, 0.1) is 5.41 Å². The van der Waals surface area contributed by atoms with Crippen molar-refractivity contribution >= 4 is 5.97 Å². The first kappa shape index (κ1) is 15.0. The molecule has 0 bridgehead atoms. The second-order valence-corrected chi connectivity index (χ2v) is 9.57. The lowest BCUT2D eigenvalue weighted by atomic mass is 9.46. The topological polar surface area (TPSA) is 37.3 Å². The maximum Gasteiger partial charge on any atom is 0.309 e. The Labute approximate surface area is 135 Å². The first-order chi connectivity index (χ1) is 10.5. The Morgan fingerprint density at radius 2 is 1.68 bits per heavy atom. The molecule has 4 fully saturated rings. The Morgan fingerprint density at radius 1 is 0.909 bits per heavy atom. The standard InChI is InChI=1S/C20H32O2/c1-19(2)10-3-5-13-7-8-14-15(17(13)19)9-12-20(18(21)22)11-4-6-16(14)20/h13-17H,3-12H2,1-2H3,(H,21,22). The maximum absolute atomic E-state index is 12.0. The van der Waals surface area contributed by atoms with Crippen LogP contribution in [0.5, 0.6) is 0 Å². The van der Waals surface area contributed by atoms with E-state index in [0.717, 1.165) is 37.0 Å². The fourth-order valence-corrected chi connectivity index (χ4v) is 7.67. The summed E-state index contributed by atoms with van der Waals surface area (Å²) in [7, 11) is 0. The van der Waals surface area contributed by atoms with Crippen molar-refractivity contribution in [1.82, 2.24) is 0 Å². The third-order valence-corrected chi connectivity index (χ3v) is 8.40. The van der Waals surface area contributed by atoms with Gasteiger partial charge in [-0.05, 0) is 80.0 Å². The van der Waals surface area contributed by atoms with E-state index in [1.54, 1.807) is 0 Å². The third kappa shape index (κ3) is 1.94. The van der Waals surface area contributed by atoms with E-state index in [1.165, 1.54) is 44.9 Å². The molecule has 0 amide bonds. The van der Waals surface area contributed by atoms with Crippen LogP contribution in [0.4, 0.5) is 0 Å². The highest BCUT2D eigenvalue weighted by atomic mass is 16.4. The largest absolute Gasteiger partial charge is 0.481 e. The van der Waals surface area contributed by atoms with Gasteiger partial charge in [-0.15, -0.1) is 0 Å². The SMILES string of the molecule is CC1(C)CCCC2CCC3C(CCC4(C(=O)O)CCCC34)C21. The number of carboxylic acids is 1. The minimum Gasteiger partial charge on any atom is -0.481 e. The summed E-state index contributed by atoms with van der Waals surface area (Å²) in [4.78, 5) is 12.0. The van der Waals surface area contributed by atoms with Gasteiger partial charge in [0.1, 0.15) is 0 Å². The molecule has 0 saturated heterocycles. The molecule has 2 heteroatoms. The van der Waals surface area contributed by atoms with E-state index in [0.29, 0.717) is 17.3 Å². The van der Waals surface area contributed by atoms with E-state index in [2.05, 4.69) is 13.8 Å². The molecule has 0 aromatic carbocycles. The van der Waals surface area contributed by atoms with Crippen LogP contribution in [0.1, 0.15) is 78.1 Å². The summed E-state index contributed by atoms with van der Waals surface area (Å²) in [6, 6.07) is 0. The zero-order valence-corrected chi connectivity index (χ0v) is 14.3. The van der Waals surface area contributed by atoms with Crippen LogP contribution in [0.2, 0.25) is 0 Å². The summed E-state index contributed by atoms with van der Waals surface area (Å²) in [5.74, 6) is 3.35. The normalized spacial score (nSPS) is 49.8. The number of carboxylic acid groups (broad SMARTS) is 1. The summed E-state index contributed by atoms with van der Waals surface area (Å²) < 4.78 is 0. The van der Waals surface area contributed by atoms with Crippen molar-refractivity contribution in [2.45, 2.75) is 78.1 Å². The second kappa shape index (κ2) is 4.98. The average molecular weight is 304 g/mol. The molecule has 124 valence electrons. The molecule has 0 aliphatic heterocycles. The Hall–Kier alpha value is -0.530. The highest BCUT2D eigenvalue weighted by Crippen LogP contribution is 2.65. The van der Waals surface area contributed by atoms with E-state index in [9.17, 15) is 9.90 Å². The van der Waals surface area contributed by atoms with E-state index in [-0.39, 0.29) is 5.41 Å². The first-order valence-corrected chi connectivity index (χ1v) is 9.69. The lowest BCUT2D eigenvalue weighted by molar-refractivity contribution is -0.163. The average Bonchev–Trinajstić information content (AvgIpc) is 2.91. The zero-order chi connectivity index (χ0) is 15.5. The molecule has 6 unspecified atom stereocenters. The number of aliphatic carboxylic acids is 1. The van der Waals surface area contributed by atoms with Gasteiger partial charge in [0.15, 0.2) is 0 Å². The monoisotopic (exact) mass is 304 g/mol. The molecular weight excluding hydrogens is 272 g/mol. The highest BCUT2D eigenvalue weighted by Gasteiger charge is 2.60. The maximum atomic E-state index is 12.0. The van der Waals surface area contributed by atoms with Crippen molar-refractivity contribution in [2.24, 2.45) is 40.4 Å². The second-order valence-electron chi connectivity index (χ2n) is 9.57. The Morgan fingerprint density at radius 3 is 2.45 bits per heavy atom.